The van der Waals surface area contributed by atoms with E-state index >= 15 is 0 Å². The van der Waals surface area contributed by atoms with Crippen LogP contribution in [0.3, 0.4) is 0 Å². The van der Waals surface area contributed by atoms with Crippen LogP contribution in [0.2, 0.25) is 0 Å². The van der Waals surface area contributed by atoms with Crippen molar-refractivity contribution in [2.75, 3.05) is 5.32 Å². The van der Waals surface area contributed by atoms with Crippen molar-refractivity contribution in [1.29, 1.82) is 0 Å². The molecule has 0 saturated carbocycles. The lowest BCUT2D eigenvalue weighted by Gasteiger charge is -2.18. The Bertz CT molecular complexity index is 760. The van der Waals surface area contributed by atoms with Crippen LogP contribution in [0.5, 0.6) is 0 Å². The van der Waals surface area contributed by atoms with Crippen LogP contribution in [-0.4, -0.2) is 8.42 Å². The van der Waals surface area contributed by atoms with E-state index in [9.17, 15) is 12.8 Å². The van der Waals surface area contributed by atoms with E-state index in [1.54, 1.807) is 24.3 Å². The molecule has 0 spiro atoms. The number of hydrogen-bond acceptors (Lipinski definition) is 3. The molecule has 0 amide bonds. The molecule has 112 valence electrons. The summed E-state index contributed by atoms with van der Waals surface area (Å²) >= 11 is 0. The summed E-state index contributed by atoms with van der Waals surface area (Å²) in [6.45, 7) is 3.64. The molecule has 0 bridgehead atoms. The minimum Gasteiger partial charge on any atom is -0.378 e. The van der Waals surface area contributed by atoms with Gasteiger partial charge in [-0.2, -0.15) is 0 Å². The molecule has 0 aromatic heterocycles. The minimum absolute atomic E-state index is 0.0244. The minimum atomic E-state index is -3.76. The molecule has 2 rings (SSSR count). The normalized spacial score (nSPS) is 13.0. The molecule has 2 aromatic carbocycles. The third-order valence-electron chi connectivity index (χ3n) is 3.28. The lowest BCUT2D eigenvalue weighted by Crippen LogP contribution is -2.14. The maximum Gasteiger partial charge on any atom is 0.238 e. The fraction of sp³-hybridized carbons (Fsp3) is 0.200. The third-order valence-corrected chi connectivity index (χ3v) is 4.19. The number of sulfonamides is 1. The first-order chi connectivity index (χ1) is 9.79. The van der Waals surface area contributed by atoms with E-state index < -0.39 is 10.0 Å². The second kappa shape index (κ2) is 5.83. The molecular formula is C15H17FN2O2S. The Labute approximate surface area is 123 Å². The second-order valence-corrected chi connectivity index (χ2v) is 6.47. The molecule has 0 aliphatic carbocycles. The van der Waals surface area contributed by atoms with Crippen LogP contribution < -0.4 is 10.5 Å². The zero-order chi connectivity index (χ0) is 15.6. The van der Waals surface area contributed by atoms with Gasteiger partial charge in [-0.3, -0.25) is 0 Å². The summed E-state index contributed by atoms with van der Waals surface area (Å²) in [6, 6.07) is 10.7. The Morgan fingerprint density at radius 2 is 1.86 bits per heavy atom. The highest BCUT2D eigenvalue weighted by Gasteiger charge is 2.14. The Balaban J connectivity index is 2.33. The van der Waals surface area contributed by atoms with Crippen molar-refractivity contribution < 1.29 is 12.8 Å². The van der Waals surface area contributed by atoms with Gasteiger partial charge >= 0.3 is 0 Å². The molecule has 0 aliphatic heterocycles. The summed E-state index contributed by atoms with van der Waals surface area (Å²) in [6.07, 6.45) is 0. The van der Waals surface area contributed by atoms with Crippen molar-refractivity contribution in [3.05, 3.63) is 59.4 Å². The average molecular weight is 308 g/mol. The molecule has 0 aliphatic rings. The molecule has 3 N–H and O–H groups in total. The summed E-state index contributed by atoms with van der Waals surface area (Å²) in [5.41, 5.74) is 1.97. The third kappa shape index (κ3) is 3.59. The highest BCUT2D eigenvalue weighted by atomic mass is 32.2. The Morgan fingerprint density at radius 3 is 2.48 bits per heavy atom. The van der Waals surface area contributed by atoms with Crippen molar-refractivity contribution in [3.63, 3.8) is 0 Å². The lowest BCUT2D eigenvalue weighted by atomic mass is 10.1. The van der Waals surface area contributed by atoms with Gasteiger partial charge in [-0.1, -0.05) is 24.3 Å². The average Bonchev–Trinajstić information content (AvgIpc) is 2.40. The monoisotopic (exact) mass is 308 g/mol. The highest BCUT2D eigenvalue weighted by molar-refractivity contribution is 7.89. The second-order valence-electron chi connectivity index (χ2n) is 4.91. The number of aryl methyl sites for hydroxylation is 1. The van der Waals surface area contributed by atoms with Crippen molar-refractivity contribution >= 4 is 15.7 Å². The van der Waals surface area contributed by atoms with Crippen molar-refractivity contribution in [2.45, 2.75) is 24.8 Å². The molecule has 21 heavy (non-hydrogen) atoms. The van der Waals surface area contributed by atoms with Gasteiger partial charge in [0.2, 0.25) is 10.0 Å². The van der Waals surface area contributed by atoms with Gasteiger partial charge in [0.1, 0.15) is 5.82 Å². The summed E-state index contributed by atoms with van der Waals surface area (Å²) in [5.74, 6) is -0.308. The number of anilines is 1. The molecule has 0 radical (unpaired) electrons. The Morgan fingerprint density at radius 1 is 1.19 bits per heavy atom. The standard InChI is InChI=1S/C15H17FN2O2S/c1-10-7-8-12(21(17,19)20)9-15(10)18-11(2)13-5-3-4-6-14(13)16/h3-9,11,18H,1-2H3,(H2,17,19,20). The molecule has 4 nitrogen and oxygen atoms in total. The zero-order valence-corrected chi connectivity index (χ0v) is 12.6. The Kier molecular flexibility index (Phi) is 4.29. The van der Waals surface area contributed by atoms with E-state index in [0.29, 0.717) is 11.3 Å². The van der Waals surface area contributed by atoms with E-state index in [1.165, 1.54) is 18.2 Å². The highest BCUT2D eigenvalue weighted by Crippen LogP contribution is 2.25. The first-order valence-electron chi connectivity index (χ1n) is 6.43. The number of nitrogens with two attached hydrogens (primary N) is 1. The van der Waals surface area contributed by atoms with Gasteiger partial charge in [-0.25, -0.2) is 17.9 Å². The molecule has 0 saturated heterocycles. The largest absolute Gasteiger partial charge is 0.378 e. The number of nitrogens with one attached hydrogen (secondary N) is 1. The van der Waals surface area contributed by atoms with E-state index in [1.807, 2.05) is 13.8 Å². The summed E-state index contributed by atoms with van der Waals surface area (Å²) in [7, 11) is -3.76. The van der Waals surface area contributed by atoms with Crippen molar-refractivity contribution in [3.8, 4) is 0 Å². The number of rotatable bonds is 4. The van der Waals surface area contributed by atoms with Crippen molar-refractivity contribution in [2.24, 2.45) is 5.14 Å². The number of benzene rings is 2. The maximum absolute atomic E-state index is 13.8. The first kappa shape index (κ1) is 15.5. The van der Waals surface area contributed by atoms with Crippen molar-refractivity contribution in [1.82, 2.24) is 0 Å². The van der Waals surface area contributed by atoms with E-state index in [-0.39, 0.29) is 16.8 Å². The summed E-state index contributed by atoms with van der Waals surface area (Å²) in [5, 5.41) is 8.25. The molecule has 1 atom stereocenters. The zero-order valence-electron chi connectivity index (χ0n) is 11.8. The van der Waals surface area contributed by atoms with Crippen LogP contribution in [0.4, 0.5) is 10.1 Å². The number of primary sulfonamides is 1. The molecule has 0 heterocycles. The predicted molar refractivity (Wildman–Crippen MR) is 81.0 cm³/mol. The van der Waals surface area contributed by atoms with Crippen LogP contribution >= 0.6 is 0 Å². The summed E-state index contributed by atoms with van der Waals surface area (Å²) in [4.78, 5) is 0.0244. The van der Waals surface area contributed by atoms with Gasteiger partial charge in [0, 0.05) is 11.3 Å². The fourth-order valence-electron chi connectivity index (χ4n) is 2.07. The van der Waals surface area contributed by atoms with Gasteiger partial charge in [-0.15, -0.1) is 0 Å². The van der Waals surface area contributed by atoms with Crippen LogP contribution in [0.1, 0.15) is 24.1 Å². The quantitative estimate of drug-likeness (QED) is 0.912. The molecule has 1 unspecified atom stereocenters. The predicted octanol–water partition coefficient (Wildman–Crippen LogP) is 2.95. The van der Waals surface area contributed by atoms with Gasteiger partial charge in [0.25, 0.3) is 0 Å². The molecule has 2 aromatic rings. The maximum atomic E-state index is 13.8. The fourth-order valence-corrected chi connectivity index (χ4v) is 2.61. The van der Waals surface area contributed by atoms with E-state index in [2.05, 4.69) is 5.32 Å². The topological polar surface area (TPSA) is 72.2 Å². The molecule has 6 heteroatoms. The lowest BCUT2D eigenvalue weighted by molar-refractivity contribution is 0.596. The van der Waals surface area contributed by atoms with Crippen LogP contribution in [-0.2, 0) is 10.0 Å². The molecule has 0 fully saturated rings. The van der Waals surface area contributed by atoms with E-state index in [4.69, 9.17) is 5.14 Å². The van der Waals surface area contributed by atoms with Crippen LogP contribution in [0.25, 0.3) is 0 Å². The molecular weight excluding hydrogens is 291 g/mol. The van der Waals surface area contributed by atoms with Gasteiger partial charge in [0.05, 0.1) is 10.9 Å². The first-order valence-corrected chi connectivity index (χ1v) is 7.98. The SMILES string of the molecule is Cc1ccc(S(N)(=O)=O)cc1NC(C)c1ccccc1F. The van der Waals surface area contributed by atoms with Crippen LogP contribution in [0, 0.1) is 12.7 Å². The van der Waals surface area contributed by atoms with Gasteiger partial charge in [-0.05, 0) is 37.6 Å². The van der Waals surface area contributed by atoms with E-state index in [0.717, 1.165) is 5.56 Å². The van der Waals surface area contributed by atoms with Crippen LogP contribution in [0.15, 0.2) is 47.4 Å². The number of halogens is 1. The smallest absolute Gasteiger partial charge is 0.238 e. The number of hydrogen-bond donors (Lipinski definition) is 2. The Hall–Kier alpha value is -1.92. The summed E-state index contributed by atoms with van der Waals surface area (Å²) < 4.78 is 36.5. The van der Waals surface area contributed by atoms with Gasteiger partial charge in [0.15, 0.2) is 0 Å². The van der Waals surface area contributed by atoms with Gasteiger partial charge < -0.3 is 5.32 Å².